The summed E-state index contributed by atoms with van der Waals surface area (Å²) in [6.07, 6.45) is 2.10. The van der Waals surface area contributed by atoms with Gasteiger partial charge in [0.2, 0.25) is 0 Å². The second-order valence-electron chi connectivity index (χ2n) is 7.06. The molecule has 1 aliphatic heterocycles. The van der Waals surface area contributed by atoms with Gasteiger partial charge in [0, 0.05) is 43.0 Å². The van der Waals surface area contributed by atoms with Crippen LogP contribution < -0.4 is 14.4 Å². The first kappa shape index (κ1) is 19.6. The van der Waals surface area contributed by atoms with Crippen LogP contribution in [0.2, 0.25) is 0 Å². The van der Waals surface area contributed by atoms with Gasteiger partial charge in [0.1, 0.15) is 11.5 Å². The Morgan fingerprint density at radius 3 is 2.26 bits per heavy atom. The van der Waals surface area contributed by atoms with E-state index in [0.29, 0.717) is 0 Å². The van der Waals surface area contributed by atoms with Crippen molar-refractivity contribution in [2.24, 2.45) is 0 Å². The van der Waals surface area contributed by atoms with E-state index in [1.54, 1.807) is 14.2 Å². The lowest BCUT2D eigenvalue weighted by Gasteiger charge is -2.36. The number of anilines is 1. The summed E-state index contributed by atoms with van der Waals surface area (Å²) in [5.74, 6) is 1.85. The molecule has 0 amide bonds. The lowest BCUT2D eigenvalue weighted by Crippen LogP contribution is -2.46. The number of nitrogens with zero attached hydrogens (tertiary/aromatic N) is 2. The summed E-state index contributed by atoms with van der Waals surface area (Å²) < 4.78 is 11.5. The van der Waals surface area contributed by atoms with E-state index < -0.39 is 0 Å². The second-order valence-corrected chi connectivity index (χ2v) is 7.06. The molecule has 2 aromatic rings. The molecule has 146 valence electrons. The number of rotatable bonds is 7. The maximum atomic E-state index is 5.88. The molecule has 0 atom stereocenters. The van der Waals surface area contributed by atoms with Crippen molar-refractivity contribution in [1.29, 1.82) is 0 Å². The van der Waals surface area contributed by atoms with Gasteiger partial charge in [-0.15, -0.1) is 0 Å². The third-order valence-corrected chi connectivity index (χ3v) is 5.46. The van der Waals surface area contributed by atoms with E-state index in [1.165, 1.54) is 11.3 Å². The monoisotopic (exact) mass is 368 g/mol. The summed E-state index contributed by atoms with van der Waals surface area (Å²) in [6.45, 7) is 9.96. The Bertz CT molecular complexity index is 752. The molecule has 0 aliphatic carbocycles. The maximum Gasteiger partial charge on any atom is 0.130 e. The molecule has 0 N–H and O–H groups in total. The van der Waals surface area contributed by atoms with Gasteiger partial charge in [0.05, 0.1) is 14.2 Å². The molecule has 27 heavy (non-hydrogen) atoms. The van der Waals surface area contributed by atoms with Gasteiger partial charge in [-0.1, -0.05) is 38.5 Å². The Kier molecular flexibility index (Phi) is 6.62. The highest BCUT2D eigenvalue weighted by molar-refractivity contribution is 5.80. The minimum absolute atomic E-state index is 0.881. The third-order valence-electron chi connectivity index (χ3n) is 5.46. The van der Waals surface area contributed by atoms with Gasteiger partial charge in [0.25, 0.3) is 0 Å². The van der Waals surface area contributed by atoms with Crippen LogP contribution in [-0.4, -0.2) is 51.8 Å². The average molecular weight is 369 g/mol. The van der Waals surface area contributed by atoms with E-state index in [1.807, 2.05) is 12.1 Å². The summed E-state index contributed by atoms with van der Waals surface area (Å²) >= 11 is 0. The molecule has 0 aromatic heterocycles. The molecular weight excluding hydrogens is 336 g/mol. The number of piperazine rings is 1. The van der Waals surface area contributed by atoms with Crippen molar-refractivity contribution in [2.45, 2.75) is 26.7 Å². The Hall–Kier alpha value is -2.20. The second kappa shape index (κ2) is 9.14. The molecule has 0 saturated carbocycles. The minimum Gasteiger partial charge on any atom is -0.496 e. The summed E-state index contributed by atoms with van der Waals surface area (Å²) in [5, 5.41) is 0. The maximum absolute atomic E-state index is 5.88. The smallest absolute Gasteiger partial charge is 0.130 e. The molecule has 0 radical (unpaired) electrons. The number of para-hydroxylation sites is 1. The van der Waals surface area contributed by atoms with Crippen LogP contribution in [-0.2, 0) is 6.42 Å². The fraction of sp³-hybridized carbons (Fsp3) is 0.478. The molecule has 1 heterocycles. The Morgan fingerprint density at radius 1 is 0.889 bits per heavy atom. The molecule has 3 rings (SSSR count). The Balaban J connectivity index is 2.07. The highest BCUT2D eigenvalue weighted by Crippen LogP contribution is 2.41. The topological polar surface area (TPSA) is 24.9 Å². The highest BCUT2D eigenvalue weighted by Gasteiger charge is 2.21. The number of hydrogen-bond acceptors (Lipinski definition) is 4. The molecular formula is C23H32N2O2. The van der Waals surface area contributed by atoms with Crippen LogP contribution in [0.1, 0.15) is 25.8 Å². The molecule has 0 bridgehead atoms. The lowest BCUT2D eigenvalue weighted by atomic mass is 9.96. The van der Waals surface area contributed by atoms with Crippen LogP contribution in [0.25, 0.3) is 11.1 Å². The van der Waals surface area contributed by atoms with Crippen LogP contribution >= 0.6 is 0 Å². The first-order valence-corrected chi connectivity index (χ1v) is 10.0. The number of hydrogen-bond donors (Lipinski definition) is 0. The van der Waals surface area contributed by atoms with Crippen LogP contribution in [0.3, 0.4) is 0 Å². The zero-order valence-corrected chi connectivity index (χ0v) is 17.1. The molecule has 4 nitrogen and oxygen atoms in total. The summed E-state index contributed by atoms with van der Waals surface area (Å²) in [7, 11) is 3.50. The fourth-order valence-electron chi connectivity index (χ4n) is 3.94. The molecule has 1 aliphatic rings. The van der Waals surface area contributed by atoms with Crippen molar-refractivity contribution < 1.29 is 9.47 Å². The van der Waals surface area contributed by atoms with E-state index in [-0.39, 0.29) is 0 Å². The number of benzene rings is 2. The number of likely N-dealkylation sites (N-methyl/N-ethyl adjacent to an activating group) is 1. The Morgan fingerprint density at radius 2 is 1.63 bits per heavy atom. The van der Waals surface area contributed by atoms with Crippen LogP contribution in [0.15, 0.2) is 36.4 Å². The zero-order chi connectivity index (χ0) is 19.2. The average Bonchev–Trinajstić information content (AvgIpc) is 2.73. The molecule has 1 fully saturated rings. The lowest BCUT2D eigenvalue weighted by molar-refractivity contribution is 0.271. The summed E-state index contributed by atoms with van der Waals surface area (Å²) in [6, 6.07) is 12.8. The first-order chi connectivity index (χ1) is 13.2. The van der Waals surface area contributed by atoms with Crippen molar-refractivity contribution >= 4 is 5.69 Å². The van der Waals surface area contributed by atoms with E-state index in [2.05, 4.69) is 47.9 Å². The summed E-state index contributed by atoms with van der Waals surface area (Å²) in [5.41, 5.74) is 4.77. The molecule has 0 spiro atoms. The van der Waals surface area contributed by atoms with Crippen LogP contribution in [0.4, 0.5) is 5.69 Å². The quantitative estimate of drug-likeness (QED) is 0.720. The van der Waals surface area contributed by atoms with E-state index in [9.17, 15) is 0 Å². The zero-order valence-electron chi connectivity index (χ0n) is 17.1. The predicted octanol–water partition coefficient (Wildman–Crippen LogP) is 4.47. The van der Waals surface area contributed by atoms with Crippen molar-refractivity contribution in [3.05, 3.63) is 42.0 Å². The molecule has 0 unspecified atom stereocenters. The van der Waals surface area contributed by atoms with E-state index in [4.69, 9.17) is 9.47 Å². The van der Waals surface area contributed by atoms with Gasteiger partial charge in [-0.25, -0.2) is 0 Å². The number of ether oxygens (including phenoxy) is 2. The van der Waals surface area contributed by atoms with Gasteiger partial charge in [-0.05, 0) is 36.7 Å². The van der Waals surface area contributed by atoms with Gasteiger partial charge in [-0.3, -0.25) is 0 Å². The van der Waals surface area contributed by atoms with Crippen molar-refractivity contribution in [1.82, 2.24) is 4.90 Å². The molecule has 1 saturated heterocycles. The highest BCUT2D eigenvalue weighted by atomic mass is 16.5. The van der Waals surface area contributed by atoms with Crippen molar-refractivity contribution in [2.75, 3.05) is 51.8 Å². The first-order valence-electron chi connectivity index (χ1n) is 10.0. The molecule has 2 aromatic carbocycles. The van der Waals surface area contributed by atoms with Gasteiger partial charge in [0.15, 0.2) is 0 Å². The van der Waals surface area contributed by atoms with Crippen LogP contribution in [0.5, 0.6) is 11.5 Å². The predicted molar refractivity (Wildman–Crippen MR) is 113 cm³/mol. The van der Waals surface area contributed by atoms with Crippen LogP contribution in [0, 0.1) is 0 Å². The van der Waals surface area contributed by atoms with Crippen molar-refractivity contribution in [3.8, 4) is 22.6 Å². The van der Waals surface area contributed by atoms with Gasteiger partial charge in [-0.2, -0.15) is 0 Å². The fourth-order valence-corrected chi connectivity index (χ4v) is 3.94. The number of aryl methyl sites for hydroxylation is 1. The summed E-state index contributed by atoms with van der Waals surface area (Å²) in [4.78, 5) is 5.01. The SMILES string of the molecule is CCCc1cc(N2CCN(CC)CC2)cc(-c2ccccc2OC)c1OC. The van der Waals surface area contributed by atoms with E-state index in [0.717, 1.165) is 68.2 Å². The molecule has 4 heteroatoms. The van der Waals surface area contributed by atoms with Crippen molar-refractivity contribution in [3.63, 3.8) is 0 Å². The minimum atomic E-state index is 0.881. The third kappa shape index (κ3) is 4.22. The van der Waals surface area contributed by atoms with E-state index >= 15 is 0 Å². The standard InChI is InChI=1S/C23H32N2O2/c1-5-9-18-16-19(25-14-12-24(6-2)13-15-25)17-21(23(18)27-4)20-10-7-8-11-22(20)26-3/h7-8,10-11,16-17H,5-6,9,12-15H2,1-4H3. The van der Waals surface area contributed by atoms with Gasteiger partial charge < -0.3 is 19.3 Å². The number of methoxy groups -OCH3 is 2. The normalized spacial score (nSPS) is 15.0. The van der Waals surface area contributed by atoms with Gasteiger partial charge >= 0.3 is 0 Å². The largest absolute Gasteiger partial charge is 0.496 e. The Labute approximate surface area is 163 Å².